The zero-order valence-corrected chi connectivity index (χ0v) is 7.16. The molecule has 0 spiro atoms. The van der Waals surface area contributed by atoms with E-state index in [0.29, 0.717) is 5.56 Å². The number of rotatable bonds is 1. The standard InChI is InChI=1S/C8H11N3O2/c1-11-8(13)4-2-5(9)7(12)6(10)3-4/h2-3,12H,9-10H2,1H3,(H,11,13). The Labute approximate surface area is 75.3 Å². The van der Waals surface area contributed by atoms with Crippen LogP contribution in [0, 0.1) is 0 Å². The summed E-state index contributed by atoms with van der Waals surface area (Å²) >= 11 is 0. The topological polar surface area (TPSA) is 101 Å². The number of carbonyl (C=O) groups is 1. The average Bonchev–Trinajstić information content (AvgIpc) is 2.12. The quantitative estimate of drug-likeness (QED) is 0.359. The summed E-state index contributed by atoms with van der Waals surface area (Å²) in [5.74, 6) is -0.481. The summed E-state index contributed by atoms with van der Waals surface area (Å²) in [4.78, 5) is 11.1. The van der Waals surface area contributed by atoms with Gasteiger partial charge < -0.3 is 21.9 Å². The van der Waals surface area contributed by atoms with E-state index in [0.717, 1.165) is 0 Å². The molecule has 0 atom stereocenters. The number of hydrogen-bond acceptors (Lipinski definition) is 4. The van der Waals surface area contributed by atoms with Crippen molar-refractivity contribution in [3.05, 3.63) is 17.7 Å². The van der Waals surface area contributed by atoms with E-state index in [1.54, 1.807) is 0 Å². The van der Waals surface area contributed by atoms with Gasteiger partial charge >= 0.3 is 0 Å². The number of hydrogen-bond donors (Lipinski definition) is 4. The van der Waals surface area contributed by atoms with Crippen LogP contribution < -0.4 is 16.8 Å². The van der Waals surface area contributed by atoms with Crippen molar-refractivity contribution in [2.75, 3.05) is 18.5 Å². The Balaban J connectivity index is 3.20. The molecule has 1 aromatic carbocycles. The fourth-order valence-corrected chi connectivity index (χ4v) is 0.956. The van der Waals surface area contributed by atoms with Gasteiger partial charge in [0.25, 0.3) is 5.91 Å². The Kier molecular flexibility index (Phi) is 2.27. The number of nitrogens with two attached hydrogens (primary N) is 2. The number of nitrogen functional groups attached to an aromatic ring is 2. The molecule has 70 valence electrons. The van der Waals surface area contributed by atoms with Crippen LogP contribution in [0.15, 0.2) is 12.1 Å². The minimum atomic E-state index is -0.293. The molecule has 0 saturated heterocycles. The molecule has 13 heavy (non-hydrogen) atoms. The number of benzene rings is 1. The number of phenolic OH excluding ortho intramolecular Hbond substituents is 1. The van der Waals surface area contributed by atoms with Gasteiger partial charge in [-0.3, -0.25) is 4.79 Å². The van der Waals surface area contributed by atoms with E-state index in [2.05, 4.69) is 5.32 Å². The average molecular weight is 181 g/mol. The highest BCUT2D eigenvalue weighted by Crippen LogP contribution is 2.28. The first-order valence-electron chi connectivity index (χ1n) is 3.66. The molecule has 0 aliphatic carbocycles. The number of phenols is 1. The molecule has 0 saturated carbocycles. The van der Waals surface area contributed by atoms with E-state index in [4.69, 9.17) is 11.5 Å². The second-order valence-corrected chi connectivity index (χ2v) is 2.58. The Bertz CT molecular complexity index is 326. The minimum Gasteiger partial charge on any atom is -0.504 e. The second kappa shape index (κ2) is 3.22. The van der Waals surface area contributed by atoms with Gasteiger partial charge in [-0.15, -0.1) is 0 Å². The second-order valence-electron chi connectivity index (χ2n) is 2.58. The molecular weight excluding hydrogens is 170 g/mol. The van der Waals surface area contributed by atoms with E-state index in [9.17, 15) is 9.90 Å². The van der Waals surface area contributed by atoms with Crippen LogP contribution in [0.1, 0.15) is 10.4 Å². The molecule has 1 amide bonds. The number of nitrogens with one attached hydrogen (secondary N) is 1. The van der Waals surface area contributed by atoms with Crippen LogP contribution in [-0.4, -0.2) is 18.1 Å². The molecule has 5 nitrogen and oxygen atoms in total. The van der Waals surface area contributed by atoms with Crippen LogP contribution in [0.5, 0.6) is 5.75 Å². The van der Waals surface area contributed by atoms with Crippen molar-refractivity contribution in [2.45, 2.75) is 0 Å². The van der Waals surface area contributed by atoms with Crippen LogP contribution in [-0.2, 0) is 0 Å². The van der Waals surface area contributed by atoms with Gasteiger partial charge in [0.15, 0.2) is 5.75 Å². The molecule has 1 aromatic rings. The lowest BCUT2D eigenvalue weighted by Gasteiger charge is -2.05. The van der Waals surface area contributed by atoms with E-state index in [1.165, 1.54) is 19.2 Å². The van der Waals surface area contributed by atoms with Crippen molar-refractivity contribution >= 4 is 17.3 Å². The number of anilines is 2. The van der Waals surface area contributed by atoms with Gasteiger partial charge in [-0.1, -0.05) is 0 Å². The molecule has 0 unspecified atom stereocenters. The first-order valence-corrected chi connectivity index (χ1v) is 3.66. The molecule has 0 aromatic heterocycles. The Morgan fingerprint density at radius 1 is 1.38 bits per heavy atom. The molecular formula is C8H11N3O2. The van der Waals surface area contributed by atoms with E-state index < -0.39 is 0 Å². The highest BCUT2D eigenvalue weighted by atomic mass is 16.3. The number of aromatic hydroxyl groups is 1. The summed E-state index contributed by atoms with van der Waals surface area (Å²) in [5, 5.41) is 11.6. The van der Waals surface area contributed by atoms with Crippen LogP contribution >= 0.6 is 0 Å². The van der Waals surface area contributed by atoms with Crippen LogP contribution in [0.4, 0.5) is 11.4 Å². The fourth-order valence-electron chi connectivity index (χ4n) is 0.956. The maximum atomic E-state index is 11.1. The van der Waals surface area contributed by atoms with Crippen LogP contribution in [0.2, 0.25) is 0 Å². The molecule has 0 heterocycles. The summed E-state index contributed by atoms with van der Waals surface area (Å²) in [6.45, 7) is 0. The van der Waals surface area contributed by atoms with Crippen molar-refractivity contribution < 1.29 is 9.90 Å². The third kappa shape index (κ3) is 1.64. The third-order valence-corrected chi connectivity index (χ3v) is 1.66. The molecule has 6 N–H and O–H groups in total. The van der Waals surface area contributed by atoms with Crippen LogP contribution in [0.25, 0.3) is 0 Å². The maximum Gasteiger partial charge on any atom is 0.251 e. The first kappa shape index (κ1) is 9.18. The summed E-state index contributed by atoms with van der Waals surface area (Å²) in [6, 6.07) is 2.73. The summed E-state index contributed by atoms with van der Waals surface area (Å²) in [5.41, 5.74) is 11.3. The maximum absolute atomic E-state index is 11.1. The predicted octanol–water partition coefficient (Wildman–Crippen LogP) is -0.0838. The summed E-state index contributed by atoms with van der Waals surface area (Å²) in [6.07, 6.45) is 0. The third-order valence-electron chi connectivity index (χ3n) is 1.66. The van der Waals surface area contributed by atoms with Gasteiger partial charge in [0.05, 0.1) is 11.4 Å². The molecule has 1 rings (SSSR count). The highest BCUT2D eigenvalue weighted by Gasteiger charge is 2.09. The van der Waals surface area contributed by atoms with Crippen LogP contribution in [0.3, 0.4) is 0 Å². The van der Waals surface area contributed by atoms with Crippen molar-refractivity contribution in [2.24, 2.45) is 0 Å². The monoisotopic (exact) mass is 181 g/mol. The lowest BCUT2D eigenvalue weighted by molar-refractivity contribution is 0.0963. The van der Waals surface area contributed by atoms with Gasteiger partial charge in [0.1, 0.15) is 0 Å². The van der Waals surface area contributed by atoms with Gasteiger partial charge in [-0.25, -0.2) is 0 Å². The Hall–Kier alpha value is -1.91. The number of carbonyl (C=O) groups excluding carboxylic acids is 1. The van der Waals surface area contributed by atoms with E-state index in [1.807, 2.05) is 0 Å². The van der Waals surface area contributed by atoms with E-state index in [-0.39, 0.29) is 23.0 Å². The normalized spacial score (nSPS) is 9.62. The molecule has 0 fully saturated rings. The first-order chi connectivity index (χ1) is 6.06. The molecule has 5 heteroatoms. The molecule has 0 aliphatic rings. The molecule has 0 aliphatic heterocycles. The SMILES string of the molecule is CNC(=O)c1cc(N)c(O)c(N)c1. The zero-order chi connectivity index (χ0) is 10.0. The van der Waals surface area contributed by atoms with E-state index >= 15 is 0 Å². The minimum absolute atomic E-state index is 0.0959. The van der Waals surface area contributed by atoms with Crippen molar-refractivity contribution in [3.8, 4) is 5.75 Å². The van der Waals surface area contributed by atoms with Gasteiger partial charge in [0.2, 0.25) is 0 Å². The van der Waals surface area contributed by atoms with Crippen molar-refractivity contribution in [1.29, 1.82) is 0 Å². The number of amides is 1. The summed E-state index contributed by atoms with van der Waals surface area (Å²) < 4.78 is 0. The predicted molar refractivity (Wildman–Crippen MR) is 50.3 cm³/mol. The zero-order valence-electron chi connectivity index (χ0n) is 7.16. The largest absolute Gasteiger partial charge is 0.504 e. The smallest absolute Gasteiger partial charge is 0.251 e. The Morgan fingerprint density at radius 3 is 2.23 bits per heavy atom. The highest BCUT2D eigenvalue weighted by molar-refractivity contribution is 5.96. The molecule has 0 bridgehead atoms. The lowest BCUT2D eigenvalue weighted by atomic mass is 10.1. The lowest BCUT2D eigenvalue weighted by Crippen LogP contribution is -2.18. The van der Waals surface area contributed by atoms with Gasteiger partial charge in [-0.2, -0.15) is 0 Å². The fraction of sp³-hybridized carbons (Fsp3) is 0.125. The van der Waals surface area contributed by atoms with Crippen molar-refractivity contribution in [3.63, 3.8) is 0 Å². The Morgan fingerprint density at radius 2 is 1.85 bits per heavy atom. The van der Waals surface area contributed by atoms with Gasteiger partial charge in [-0.05, 0) is 12.1 Å². The van der Waals surface area contributed by atoms with Gasteiger partial charge in [0, 0.05) is 12.6 Å². The molecule has 0 radical (unpaired) electrons. The van der Waals surface area contributed by atoms with Crippen molar-refractivity contribution in [1.82, 2.24) is 5.32 Å². The summed E-state index contributed by atoms with van der Waals surface area (Å²) in [7, 11) is 1.50.